The van der Waals surface area contributed by atoms with Crippen molar-refractivity contribution in [2.45, 2.75) is 12.3 Å². The fraction of sp³-hybridized carbons (Fsp3) is 0.333. The molecule has 0 unspecified atom stereocenters. The largest absolute Gasteiger partial charge is 0.332 e. The van der Waals surface area contributed by atoms with Gasteiger partial charge in [-0.25, -0.2) is 4.98 Å². The van der Waals surface area contributed by atoms with E-state index < -0.39 is 0 Å². The number of allylic oxidation sites excluding steroid dienone is 2. The number of ketones is 1. The van der Waals surface area contributed by atoms with E-state index in [1.807, 2.05) is 23.9 Å². The van der Waals surface area contributed by atoms with Gasteiger partial charge < -0.3 is 4.57 Å². The van der Waals surface area contributed by atoms with Crippen molar-refractivity contribution in [2.24, 2.45) is 24.8 Å². The lowest BCUT2D eigenvalue weighted by Gasteiger charge is -2.28. The molecular formula is C18H17BrN2O. The molecule has 2 aliphatic rings. The first kappa shape index (κ1) is 13.9. The predicted octanol–water partition coefficient (Wildman–Crippen LogP) is 3.97. The van der Waals surface area contributed by atoms with Gasteiger partial charge in [0.05, 0.1) is 0 Å². The van der Waals surface area contributed by atoms with Gasteiger partial charge in [-0.1, -0.05) is 46.3 Å². The number of Topliss-reactive ketones (excluding diaryl/α,β-unsaturated/α-hetero) is 1. The summed E-state index contributed by atoms with van der Waals surface area (Å²) in [7, 11) is 1.89. The van der Waals surface area contributed by atoms with Crippen molar-refractivity contribution in [1.82, 2.24) is 9.55 Å². The van der Waals surface area contributed by atoms with Gasteiger partial charge in [0, 0.05) is 35.7 Å². The maximum Gasteiger partial charge on any atom is 0.202 e. The Hall–Kier alpha value is -1.68. The van der Waals surface area contributed by atoms with Crippen LogP contribution in [0.5, 0.6) is 0 Å². The van der Waals surface area contributed by atoms with Crippen LogP contribution in [-0.2, 0) is 7.05 Å². The number of benzene rings is 1. The van der Waals surface area contributed by atoms with E-state index in [-0.39, 0.29) is 17.6 Å². The normalized spacial score (nSPS) is 29.2. The molecule has 1 aromatic carbocycles. The third-order valence-electron chi connectivity index (χ3n) is 5.07. The van der Waals surface area contributed by atoms with Gasteiger partial charge in [-0.15, -0.1) is 0 Å². The molecule has 1 aromatic heterocycles. The molecule has 3 nitrogen and oxygen atoms in total. The maximum absolute atomic E-state index is 13.1. The van der Waals surface area contributed by atoms with Crippen LogP contribution in [0.1, 0.15) is 28.5 Å². The molecule has 2 aromatic rings. The molecule has 0 saturated heterocycles. The molecule has 0 spiro atoms. The zero-order valence-electron chi connectivity index (χ0n) is 12.3. The molecule has 0 aliphatic heterocycles. The third-order valence-corrected chi connectivity index (χ3v) is 5.79. The Labute approximate surface area is 138 Å². The first-order valence-corrected chi connectivity index (χ1v) is 8.40. The minimum Gasteiger partial charge on any atom is -0.332 e. The van der Waals surface area contributed by atoms with Crippen molar-refractivity contribution >= 4 is 21.7 Å². The van der Waals surface area contributed by atoms with E-state index in [4.69, 9.17) is 0 Å². The number of fused-ring (bicyclic) bond motifs is 2. The summed E-state index contributed by atoms with van der Waals surface area (Å²) in [6.45, 7) is 0. The van der Waals surface area contributed by atoms with Gasteiger partial charge in [-0.3, -0.25) is 4.79 Å². The highest BCUT2D eigenvalue weighted by Crippen LogP contribution is 2.54. The smallest absolute Gasteiger partial charge is 0.202 e. The van der Waals surface area contributed by atoms with Gasteiger partial charge >= 0.3 is 0 Å². The maximum atomic E-state index is 13.1. The molecule has 112 valence electrons. The number of carbonyl (C=O) groups excluding carboxylic acids is 1. The van der Waals surface area contributed by atoms with Crippen molar-refractivity contribution in [2.75, 3.05) is 0 Å². The molecule has 1 fully saturated rings. The average molecular weight is 357 g/mol. The summed E-state index contributed by atoms with van der Waals surface area (Å²) in [4.78, 5) is 17.4. The van der Waals surface area contributed by atoms with Gasteiger partial charge in [0.15, 0.2) is 5.82 Å². The van der Waals surface area contributed by atoms with E-state index >= 15 is 0 Å². The Morgan fingerprint density at radius 2 is 2.05 bits per heavy atom. The number of hydrogen-bond acceptors (Lipinski definition) is 2. The van der Waals surface area contributed by atoms with Crippen LogP contribution >= 0.6 is 15.9 Å². The van der Waals surface area contributed by atoms with Gasteiger partial charge in [0.2, 0.25) is 5.78 Å². The van der Waals surface area contributed by atoms with E-state index in [1.54, 1.807) is 6.20 Å². The number of aryl methyl sites for hydroxylation is 1. The summed E-state index contributed by atoms with van der Waals surface area (Å²) in [6, 6.07) is 8.28. The van der Waals surface area contributed by atoms with Crippen molar-refractivity contribution in [1.29, 1.82) is 0 Å². The van der Waals surface area contributed by atoms with E-state index in [0.29, 0.717) is 17.7 Å². The van der Waals surface area contributed by atoms with Crippen LogP contribution in [0.15, 0.2) is 53.3 Å². The summed E-state index contributed by atoms with van der Waals surface area (Å²) in [5.74, 6) is 1.78. The molecule has 0 radical (unpaired) electrons. The molecular weight excluding hydrogens is 340 g/mol. The Bertz CT molecular complexity index is 764. The monoisotopic (exact) mass is 356 g/mol. The first-order chi connectivity index (χ1) is 10.7. The van der Waals surface area contributed by atoms with Crippen molar-refractivity contribution < 1.29 is 4.79 Å². The van der Waals surface area contributed by atoms with Crippen molar-refractivity contribution in [3.63, 3.8) is 0 Å². The number of aromatic nitrogens is 2. The molecule has 0 N–H and O–H groups in total. The van der Waals surface area contributed by atoms with Crippen LogP contribution in [-0.4, -0.2) is 15.3 Å². The minimum absolute atomic E-state index is 0.00481. The Morgan fingerprint density at radius 3 is 2.77 bits per heavy atom. The number of hydrogen-bond donors (Lipinski definition) is 0. The molecule has 4 heteroatoms. The van der Waals surface area contributed by atoms with Crippen LogP contribution < -0.4 is 0 Å². The molecule has 0 amide bonds. The number of nitrogens with zero attached hydrogens (tertiary/aromatic N) is 2. The summed E-state index contributed by atoms with van der Waals surface area (Å²) in [5, 5.41) is 0. The number of carbonyl (C=O) groups is 1. The van der Waals surface area contributed by atoms with Crippen LogP contribution in [0.3, 0.4) is 0 Å². The van der Waals surface area contributed by atoms with E-state index in [0.717, 1.165) is 10.9 Å². The highest BCUT2D eigenvalue weighted by Gasteiger charge is 2.49. The van der Waals surface area contributed by atoms with Crippen LogP contribution in [0.4, 0.5) is 0 Å². The van der Waals surface area contributed by atoms with Gasteiger partial charge in [0.1, 0.15) is 0 Å². The average Bonchev–Trinajstić information content (AvgIpc) is 3.22. The molecule has 2 aliphatic carbocycles. The van der Waals surface area contributed by atoms with Crippen molar-refractivity contribution in [3.8, 4) is 0 Å². The molecule has 22 heavy (non-hydrogen) atoms. The second kappa shape index (κ2) is 5.20. The molecule has 2 bridgehead atoms. The molecule has 4 atom stereocenters. The van der Waals surface area contributed by atoms with E-state index in [1.165, 1.54) is 5.56 Å². The second-order valence-electron chi connectivity index (χ2n) is 6.25. The number of rotatable bonds is 3. The molecule has 4 rings (SSSR count). The summed E-state index contributed by atoms with van der Waals surface area (Å²) in [6.07, 6.45) is 9.13. The van der Waals surface area contributed by atoms with Crippen molar-refractivity contribution in [3.05, 3.63) is 64.7 Å². The van der Waals surface area contributed by atoms with Gasteiger partial charge in [0.25, 0.3) is 0 Å². The topological polar surface area (TPSA) is 34.9 Å². The molecule has 1 saturated carbocycles. The Kier molecular flexibility index (Phi) is 3.30. The quantitative estimate of drug-likeness (QED) is 0.615. The zero-order valence-corrected chi connectivity index (χ0v) is 13.9. The van der Waals surface area contributed by atoms with Crippen LogP contribution in [0, 0.1) is 17.8 Å². The van der Waals surface area contributed by atoms with E-state index in [2.05, 4.69) is 51.3 Å². The second-order valence-corrected chi connectivity index (χ2v) is 7.10. The first-order valence-electron chi connectivity index (χ1n) is 7.61. The highest BCUT2D eigenvalue weighted by atomic mass is 79.9. The molecule has 1 heterocycles. The number of halogens is 1. The zero-order chi connectivity index (χ0) is 15.3. The summed E-state index contributed by atoms with van der Waals surface area (Å²) >= 11 is 3.66. The Morgan fingerprint density at radius 1 is 1.27 bits per heavy atom. The Balaban J connectivity index is 1.77. The minimum atomic E-state index is -0.00481. The SMILES string of the molecule is Cn1ccnc1C(=O)[C@@H]1[C@@H](c2ccccc2Br)[C@@H]2C=C[C@H]1C2. The number of imidazole rings is 1. The standard InChI is InChI=1S/C18H17BrN2O/c1-21-9-8-20-18(21)17(22)16-12-7-6-11(10-12)15(16)13-4-2-3-5-14(13)19/h2-9,11-12,15-16H,10H2,1H3/t11-,12+,15-,16+/m1/s1. The summed E-state index contributed by atoms with van der Waals surface area (Å²) < 4.78 is 2.92. The lowest BCUT2D eigenvalue weighted by molar-refractivity contribution is 0.0872. The summed E-state index contributed by atoms with van der Waals surface area (Å²) in [5.41, 5.74) is 1.24. The van der Waals surface area contributed by atoms with Gasteiger partial charge in [-0.2, -0.15) is 0 Å². The fourth-order valence-electron chi connectivity index (χ4n) is 4.10. The lowest BCUT2D eigenvalue weighted by Crippen LogP contribution is -2.28. The van der Waals surface area contributed by atoms with Crippen LogP contribution in [0.2, 0.25) is 0 Å². The fourth-order valence-corrected chi connectivity index (χ4v) is 4.65. The van der Waals surface area contributed by atoms with Crippen LogP contribution in [0.25, 0.3) is 0 Å². The predicted molar refractivity (Wildman–Crippen MR) is 88.6 cm³/mol. The lowest BCUT2D eigenvalue weighted by atomic mass is 9.76. The third kappa shape index (κ3) is 2.01. The van der Waals surface area contributed by atoms with Gasteiger partial charge in [-0.05, 0) is 29.9 Å². The van der Waals surface area contributed by atoms with E-state index in [9.17, 15) is 4.79 Å². The highest BCUT2D eigenvalue weighted by molar-refractivity contribution is 9.10.